The third-order valence-corrected chi connectivity index (χ3v) is 3.79. The van der Waals surface area contributed by atoms with Crippen LogP contribution in [0.15, 0.2) is 30.8 Å². The summed E-state index contributed by atoms with van der Waals surface area (Å²) in [4.78, 5) is 0. The molecule has 0 saturated heterocycles. The van der Waals surface area contributed by atoms with Crippen molar-refractivity contribution in [3.05, 3.63) is 42.0 Å². The van der Waals surface area contributed by atoms with E-state index in [1.54, 1.807) is 7.11 Å². The van der Waals surface area contributed by atoms with E-state index in [-0.39, 0.29) is 0 Å². The van der Waals surface area contributed by atoms with Gasteiger partial charge < -0.3 is 18.7 Å². The van der Waals surface area contributed by atoms with E-state index in [9.17, 15) is 0 Å². The average molecular weight is 454 g/mol. The van der Waals surface area contributed by atoms with E-state index >= 15 is 0 Å². The molecule has 0 aliphatic carbocycles. The van der Waals surface area contributed by atoms with Gasteiger partial charge in [0.25, 0.3) is 0 Å². The normalized spacial score (nSPS) is 10.4. The number of benzene rings is 1. The zero-order chi connectivity index (χ0) is 17.3. The maximum absolute atomic E-state index is 5.53. The standard InChI is InChI=1S/C14H20IO4P.C3H8/c1-12(16-2)14-5-3-13(4-6-14)11-18-8-7-17-9-10-19-20-15;1-3-2/h3-6,20H,1,7-11H2,2H3;3H2,1-2H3. The van der Waals surface area contributed by atoms with Gasteiger partial charge in [-0.25, -0.2) is 0 Å². The van der Waals surface area contributed by atoms with E-state index < -0.39 is 0 Å². The number of hydrogen-bond donors (Lipinski definition) is 0. The molecule has 0 N–H and O–H groups in total. The van der Waals surface area contributed by atoms with Gasteiger partial charge >= 0.3 is 0 Å². The fraction of sp³-hybridized carbons (Fsp3) is 0.529. The van der Waals surface area contributed by atoms with Gasteiger partial charge in [-0.3, -0.25) is 0 Å². The molecule has 0 amide bonds. The molecule has 1 unspecified atom stereocenters. The number of ether oxygens (including phenoxy) is 3. The van der Waals surface area contributed by atoms with Gasteiger partial charge in [-0.05, 0) is 27.6 Å². The fourth-order valence-corrected chi connectivity index (χ4v) is 2.27. The lowest BCUT2D eigenvalue weighted by Crippen LogP contribution is -2.07. The molecule has 4 nitrogen and oxygen atoms in total. The third-order valence-electron chi connectivity index (χ3n) is 2.55. The van der Waals surface area contributed by atoms with Crippen LogP contribution < -0.4 is 0 Å². The number of hydrogen-bond acceptors (Lipinski definition) is 4. The molecule has 0 aromatic heterocycles. The van der Waals surface area contributed by atoms with Crippen LogP contribution in [0, 0.1) is 0 Å². The van der Waals surface area contributed by atoms with E-state index in [2.05, 4.69) is 42.5 Å². The summed E-state index contributed by atoms with van der Waals surface area (Å²) in [6.07, 6.45) is 1.25. The molecule has 0 heterocycles. The molecule has 1 atom stereocenters. The van der Waals surface area contributed by atoms with E-state index in [1.165, 1.54) is 6.42 Å². The highest BCUT2D eigenvalue weighted by Gasteiger charge is 1.99. The predicted octanol–water partition coefficient (Wildman–Crippen LogP) is 5.21. The van der Waals surface area contributed by atoms with Crippen molar-refractivity contribution in [2.75, 3.05) is 33.5 Å². The molecule has 0 saturated carbocycles. The highest BCUT2D eigenvalue weighted by Crippen LogP contribution is 2.20. The Morgan fingerprint density at radius 1 is 1.04 bits per heavy atom. The fourth-order valence-electron chi connectivity index (χ4n) is 1.45. The average Bonchev–Trinajstić information content (AvgIpc) is 2.58. The molecule has 1 aromatic rings. The number of methoxy groups -OCH3 is 1. The molecule has 0 bridgehead atoms. The monoisotopic (exact) mass is 454 g/mol. The first-order chi connectivity index (χ1) is 11.2. The van der Waals surface area contributed by atoms with Gasteiger partial charge in [0, 0.05) is 5.56 Å². The maximum atomic E-state index is 5.53. The lowest BCUT2D eigenvalue weighted by molar-refractivity contribution is 0.0321. The van der Waals surface area contributed by atoms with E-state index in [0.717, 1.165) is 11.1 Å². The Hall–Kier alpha value is -0.200. The summed E-state index contributed by atoms with van der Waals surface area (Å²) < 4.78 is 21.2. The molecule has 132 valence electrons. The van der Waals surface area contributed by atoms with Crippen molar-refractivity contribution in [3.63, 3.8) is 0 Å². The summed E-state index contributed by atoms with van der Waals surface area (Å²) in [7, 11) is 1.62. The van der Waals surface area contributed by atoms with Crippen LogP contribution in [0.3, 0.4) is 0 Å². The highest BCUT2D eigenvalue weighted by molar-refractivity contribution is 14.2. The maximum Gasteiger partial charge on any atom is 0.118 e. The Morgan fingerprint density at radius 2 is 1.61 bits per heavy atom. The quantitative estimate of drug-likeness (QED) is 0.199. The summed E-state index contributed by atoms with van der Waals surface area (Å²) in [5, 5.41) is 0. The molecule has 1 aromatic carbocycles. The first-order valence-electron chi connectivity index (χ1n) is 7.64. The molecule has 0 radical (unpaired) electrons. The van der Waals surface area contributed by atoms with E-state index in [4.69, 9.17) is 18.7 Å². The smallest absolute Gasteiger partial charge is 0.118 e. The lowest BCUT2D eigenvalue weighted by atomic mass is 10.1. The highest BCUT2D eigenvalue weighted by atomic mass is 127. The molecule has 6 heteroatoms. The molecule has 23 heavy (non-hydrogen) atoms. The minimum Gasteiger partial charge on any atom is -0.497 e. The summed E-state index contributed by atoms with van der Waals surface area (Å²) in [6, 6.07) is 7.97. The van der Waals surface area contributed by atoms with Crippen molar-refractivity contribution in [1.82, 2.24) is 0 Å². The van der Waals surface area contributed by atoms with Crippen molar-refractivity contribution in [2.24, 2.45) is 0 Å². The summed E-state index contributed by atoms with van der Waals surface area (Å²) in [6.45, 7) is 11.6. The van der Waals surface area contributed by atoms with Crippen LogP contribution in [-0.4, -0.2) is 33.5 Å². The second-order valence-electron chi connectivity index (χ2n) is 4.62. The second-order valence-corrected chi connectivity index (χ2v) is 6.39. The van der Waals surface area contributed by atoms with Crippen LogP contribution in [-0.2, 0) is 25.3 Å². The molecular weight excluding hydrogens is 426 g/mol. The van der Waals surface area contributed by atoms with Gasteiger partial charge in [-0.15, -0.1) is 0 Å². The Kier molecular flexibility index (Phi) is 16.5. The lowest BCUT2D eigenvalue weighted by Gasteiger charge is -2.07. The van der Waals surface area contributed by atoms with Gasteiger partial charge in [0.2, 0.25) is 0 Å². The van der Waals surface area contributed by atoms with Gasteiger partial charge in [-0.2, -0.15) is 0 Å². The summed E-state index contributed by atoms with van der Waals surface area (Å²) >= 11 is 2.19. The van der Waals surface area contributed by atoms with Crippen LogP contribution in [0.2, 0.25) is 0 Å². The van der Waals surface area contributed by atoms with Crippen LogP contribution in [0.25, 0.3) is 5.76 Å². The van der Waals surface area contributed by atoms with Crippen LogP contribution >= 0.6 is 28.5 Å². The molecule has 0 aliphatic rings. The zero-order valence-corrected chi connectivity index (χ0v) is 17.4. The Labute approximate surface area is 155 Å². The summed E-state index contributed by atoms with van der Waals surface area (Å²) in [5.74, 6) is 0.667. The molecule has 0 fully saturated rings. The topological polar surface area (TPSA) is 36.9 Å². The number of halogens is 1. The number of rotatable bonds is 11. The van der Waals surface area contributed by atoms with Crippen molar-refractivity contribution < 1.29 is 18.7 Å². The van der Waals surface area contributed by atoms with Crippen molar-refractivity contribution in [1.29, 1.82) is 0 Å². The van der Waals surface area contributed by atoms with Gasteiger partial charge in [0.1, 0.15) is 5.76 Å². The van der Waals surface area contributed by atoms with Crippen LogP contribution in [0.4, 0.5) is 0 Å². The predicted molar refractivity (Wildman–Crippen MR) is 107 cm³/mol. The first kappa shape index (κ1) is 22.8. The second kappa shape index (κ2) is 16.7. The Morgan fingerprint density at radius 3 is 2.17 bits per heavy atom. The Bertz CT molecular complexity index is 398. The van der Waals surface area contributed by atoms with Crippen LogP contribution in [0.1, 0.15) is 31.4 Å². The van der Waals surface area contributed by atoms with Gasteiger partial charge in [-0.1, -0.05) is 51.1 Å². The SMILES string of the molecule is C=C(OC)c1ccc(COCCOCCOPI)cc1.CCC. The van der Waals surface area contributed by atoms with Crippen molar-refractivity contribution in [2.45, 2.75) is 26.9 Å². The van der Waals surface area contributed by atoms with E-state index in [0.29, 0.717) is 45.2 Å². The largest absolute Gasteiger partial charge is 0.497 e. The molecule has 1 rings (SSSR count). The molecular formula is C17H28IO4P. The minimum atomic E-state index is 0.492. The zero-order valence-electron chi connectivity index (χ0n) is 14.3. The van der Waals surface area contributed by atoms with Crippen molar-refractivity contribution in [3.8, 4) is 0 Å². The van der Waals surface area contributed by atoms with Gasteiger partial charge in [0.15, 0.2) is 0 Å². The Balaban J connectivity index is 0.00000149. The third kappa shape index (κ3) is 12.8. The van der Waals surface area contributed by atoms with E-state index in [1.807, 2.05) is 24.3 Å². The van der Waals surface area contributed by atoms with Crippen molar-refractivity contribution >= 4 is 34.3 Å². The molecule has 0 spiro atoms. The summed E-state index contributed by atoms with van der Waals surface area (Å²) in [5.41, 5.74) is 2.10. The molecule has 0 aliphatic heterocycles. The van der Waals surface area contributed by atoms with Gasteiger partial charge in [0.05, 0.1) is 46.6 Å². The minimum absolute atomic E-state index is 0.492. The first-order valence-corrected chi connectivity index (χ1v) is 11.7. The van der Waals surface area contributed by atoms with Crippen LogP contribution in [0.5, 0.6) is 0 Å².